The molecule has 1 heterocycles. The van der Waals surface area contributed by atoms with E-state index in [4.69, 9.17) is 4.74 Å². The Bertz CT molecular complexity index is 962. The molecule has 1 aliphatic heterocycles. The summed E-state index contributed by atoms with van der Waals surface area (Å²) in [6.45, 7) is 3.05. The molecule has 0 aliphatic carbocycles. The number of nitrogens with zero attached hydrogens (tertiary/aromatic N) is 1. The molecule has 1 fully saturated rings. The fourth-order valence-electron chi connectivity index (χ4n) is 3.12. The van der Waals surface area contributed by atoms with E-state index in [0.29, 0.717) is 11.3 Å². The molecule has 3 rings (SSSR count). The number of amides is 3. The van der Waals surface area contributed by atoms with Crippen LogP contribution in [-0.4, -0.2) is 53.1 Å². The first kappa shape index (κ1) is 23.4. The molecule has 0 bridgehead atoms. The molecule has 3 N–H and O–H groups in total. The average molecular weight is 465 g/mol. The molecule has 1 saturated heterocycles. The van der Waals surface area contributed by atoms with Crippen molar-refractivity contribution in [3.8, 4) is 22.6 Å². The number of imide groups is 1. The van der Waals surface area contributed by atoms with E-state index in [9.17, 15) is 28.0 Å². The smallest absolute Gasteiger partial charge is 0.492 e. The van der Waals surface area contributed by atoms with Gasteiger partial charge in [0, 0.05) is 0 Å². The molecule has 2 aromatic carbocycles. The molecule has 3 amide bonds. The fourth-order valence-corrected chi connectivity index (χ4v) is 3.12. The summed E-state index contributed by atoms with van der Waals surface area (Å²) in [6.07, 6.45) is -4.75. The number of alkyl halides is 3. The molecule has 0 aromatic heterocycles. The van der Waals surface area contributed by atoms with Crippen LogP contribution in [0.4, 0.5) is 18.0 Å². The highest BCUT2D eigenvalue weighted by molar-refractivity contribution is 6.06. The Hall–Kier alpha value is -3.31. The summed E-state index contributed by atoms with van der Waals surface area (Å²) >= 11 is 0. The molecule has 1 atom stereocenters. The lowest BCUT2D eigenvalue weighted by Gasteiger charge is -2.22. The Kier molecular flexibility index (Phi) is 6.60. The second-order valence-electron chi connectivity index (χ2n) is 7.70. The van der Waals surface area contributed by atoms with Crippen LogP contribution in [0.3, 0.4) is 0 Å². The molecule has 2 aromatic rings. The van der Waals surface area contributed by atoms with E-state index in [1.165, 1.54) is 24.3 Å². The third-order valence-electron chi connectivity index (χ3n) is 4.76. The van der Waals surface area contributed by atoms with Gasteiger partial charge in [-0.2, -0.15) is 5.48 Å². The van der Waals surface area contributed by atoms with Crippen LogP contribution in [0.5, 0.6) is 11.5 Å². The standard InChI is InChI=1S/C21H22F3N3O5/c1-20(2)18(28)27(19(29)25-20)11-15(26-30)12-31-16-7-3-13(4-8-16)14-5-9-17(10-6-14)32-21(22,23)24/h3-10,15,26,30H,11-12H2,1-2H3,(H,25,29)/t15-/m0/s1/i3+2,4+2,7+2,8+2,13+2,16+2. The Morgan fingerprint density at radius 2 is 1.81 bits per heavy atom. The van der Waals surface area contributed by atoms with E-state index in [1.807, 2.05) is 5.48 Å². The lowest BCUT2D eigenvalue weighted by molar-refractivity contribution is -0.274. The van der Waals surface area contributed by atoms with Crippen LogP contribution in [0.1, 0.15) is 13.8 Å². The zero-order chi connectivity index (χ0) is 23.5. The van der Waals surface area contributed by atoms with E-state index in [2.05, 4.69) is 10.1 Å². The molecule has 0 unspecified atom stereocenters. The summed E-state index contributed by atoms with van der Waals surface area (Å²) in [5.41, 5.74) is 2.45. The van der Waals surface area contributed by atoms with E-state index in [-0.39, 0.29) is 18.9 Å². The second kappa shape index (κ2) is 9.05. The van der Waals surface area contributed by atoms with Crippen molar-refractivity contribution in [1.29, 1.82) is 0 Å². The number of carbonyl (C=O) groups is 2. The van der Waals surface area contributed by atoms with Crippen molar-refractivity contribution in [2.45, 2.75) is 31.8 Å². The van der Waals surface area contributed by atoms with Crippen molar-refractivity contribution in [2.75, 3.05) is 13.2 Å². The molecule has 172 valence electrons. The van der Waals surface area contributed by atoms with Crippen molar-refractivity contribution in [3.05, 3.63) is 48.5 Å². The first-order valence-electron chi connectivity index (χ1n) is 9.61. The second-order valence-corrected chi connectivity index (χ2v) is 7.70. The molecule has 1 aliphatic rings. The zero-order valence-electron chi connectivity index (χ0n) is 17.3. The number of hydrogen-bond donors (Lipinski definition) is 3. The highest BCUT2D eigenvalue weighted by atomic mass is 19.4. The Morgan fingerprint density at radius 3 is 2.31 bits per heavy atom. The Morgan fingerprint density at radius 1 is 1.19 bits per heavy atom. The summed E-state index contributed by atoms with van der Waals surface area (Å²) in [5, 5.41) is 11.9. The molecular formula is C21H22F3N3O5. The van der Waals surface area contributed by atoms with Gasteiger partial charge in [-0.15, -0.1) is 13.2 Å². The molecule has 32 heavy (non-hydrogen) atoms. The summed E-state index contributed by atoms with van der Waals surface area (Å²) in [6, 6.07) is 10.9. The minimum atomic E-state index is -4.75. The lowest BCUT2D eigenvalue weighted by atomic mass is 10.1. The van der Waals surface area contributed by atoms with Crippen LogP contribution in [0, 0.1) is 0 Å². The predicted molar refractivity (Wildman–Crippen MR) is 107 cm³/mol. The number of urea groups is 1. The summed E-state index contributed by atoms with van der Waals surface area (Å²) < 4.78 is 46.2. The van der Waals surface area contributed by atoms with Gasteiger partial charge in [0.2, 0.25) is 0 Å². The van der Waals surface area contributed by atoms with Gasteiger partial charge in [-0.1, -0.05) is 24.3 Å². The number of rotatable bonds is 8. The lowest BCUT2D eigenvalue weighted by Crippen LogP contribution is -2.46. The maximum atomic E-state index is 12.3. The van der Waals surface area contributed by atoms with Gasteiger partial charge in [0.05, 0.1) is 12.6 Å². The number of ether oxygens (including phenoxy) is 2. The van der Waals surface area contributed by atoms with Gasteiger partial charge in [-0.3, -0.25) is 9.69 Å². The van der Waals surface area contributed by atoms with Crippen LogP contribution in [-0.2, 0) is 4.79 Å². The maximum absolute atomic E-state index is 12.3. The third-order valence-corrected chi connectivity index (χ3v) is 4.76. The first-order valence-corrected chi connectivity index (χ1v) is 9.61. The molecule has 8 nitrogen and oxygen atoms in total. The van der Waals surface area contributed by atoms with E-state index in [0.717, 1.165) is 10.5 Å². The van der Waals surface area contributed by atoms with Gasteiger partial charge in [0.1, 0.15) is 23.6 Å². The minimum Gasteiger partial charge on any atom is -0.492 e. The summed E-state index contributed by atoms with van der Waals surface area (Å²) in [5.74, 6) is -0.250. The maximum Gasteiger partial charge on any atom is 0.573 e. The Balaban J connectivity index is 1.57. The van der Waals surface area contributed by atoms with Crippen molar-refractivity contribution in [1.82, 2.24) is 15.7 Å². The topological polar surface area (TPSA) is 100 Å². The van der Waals surface area contributed by atoms with Gasteiger partial charge in [0.15, 0.2) is 0 Å². The molecule has 0 spiro atoms. The van der Waals surface area contributed by atoms with Gasteiger partial charge < -0.3 is 20.0 Å². The van der Waals surface area contributed by atoms with E-state index in [1.54, 1.807) is 38.1 Å². The van der Waals surface area contributed by atoms with E-state index < -0.39 is 29.9 Å². The SMILES string of the molecule is CC1(C)NC(=O)N(C[C@@H](CO[14c]2[14cH][14cH][14c](-c3ccc(OC(F)(F)F)cc3)[14cH][14cH]2)NO)C1=O. The number of halogens is 3. The Labute approximate surface area is 181 Å². The summed E-state index contributed by atoms with van der Waals surface area (Å²) in [4.78, 5) is 25.2. The molecule has 0 saturated carbocycles. The number of hydroxylamine groups is 1. The van der Waals surface area contributed by atoms with Gasteiger partial charge in [-0.05, 0) is 49.2 Å². The van der Waals surface area contributed by atoms with Crippen LogP contribution in [0.25, 0.3) is 11.1 Å². The van der Waals surface area contributed by atoms with Crippen LogP contribution in [0.2, 0.25) is 0 Å². The van der Waals surface area contributed by atoms with Crippen molar-refractivity contribution >= 4 is 11.9 Å². The normalized spacial score (nSPS) is 16.6. The summed E-state index contributed by atoms with van der Waals surface area (Å²) in [7, 11) is 0. The monoisotopic (exact) mass is 465 g/mol. The number of hydrogen-bond acceptors (Lipinski definition) is 6. The van der Waals surface area contributed by atoms with E-state index >= 15 is 0 Å². The first-order chi connectivity index (χ1) is 15.0. The average Bonchev–Trinajstić information content (AvgIpc) is 2.92. The van der Waals surface area contributed by atoms with Gasteiger partial charge in [-0.25, -0.2) is 4.79 Å². The van der Waals surface area contributed by atoms with Gasteiger partial charge >= 0.3 is 12.4 Å². The number of carbonyl (C=O) groups excluding carboxylic acids is 2. The van der Waals surface area contributed by atoms with Crippen molar-refractivity contribution in [2.24, 2.45) is 0 Å². The van der Waals surface area contributed by atoms with Gasteiger partial charge in [0.25, 0.3) is 5.91 Å². The largest absolute Gasteiger partial charge is 0.573 e. The third kappa shape index (κ3) is 5.68. The number of benzene rings is 2. The van der Waals surface area contributed by atoms with Crippen LogP contribution >= 0.6 is 0 Å². The molecule has 0 radical (unpaired) electrons. The quantitative estimate of drug-likeness (QED) is 0.409. The molecular weight excluding hydrogens is 443 g/mol. The zero-order valence-corrected chi connectivity index (χ0v) is 17.3. The minimum absolute atomic E-state index is 0.0309. The van der Waals surface area contributed by atoms with Crippen LogP contribution < -0.4 is 20.3 Å². The number of nitrogens with one attached hydrogen (secondary N) is 2. The van der Waals surface area contributed by atoms with Crippen LogP contribution in [0.15, 0.2) is 48.5 Å². The molecule has 11 heteroatoms. The van der Waals surface area contributed by atoms with Crippen molar-refractivity contribution < 1.29 is 37.4 Å². The predicted octanol–water partition coefficient (Wildman–Crippen LogP) is 3.31. The highest BCUT2D eigenvalue weighted by Crippen LogP contribution is 2.27. The fraction of sp³-hybridized carbons (Fsp3) is 0.333. The highest BCUT2D eigenvalue weighted by Gasteiger charge is 2.44. The van der Waals surface area contributed by atoms with Crippen molar-refractivity contribution in [3.63, 3.8) is 0 Å².